The first kappa shape index (κ1) is 14.5. The number of nitrogens with zero attached hydrogens (tertiary/aromatic N) is 2. The molecule has 0 saturated heterocycles. The van der Waals surface area contributed by atoms with Crippen molar-refractivity contribution < 1.29 is 10.0 Å². The number of rotatable bonds is 5. The Morgan fingerprint density at radius 2 is 2.20 bits per heavy atom. The lowest BCUT2D eigenvalue weighted by Gasteiger charge is -2.01. The molecule has 0 atom stereocenters. The number of thiazole rings is 1. The Hall–Kier alpha value is -1.86. The number of hydrogen-bond donors (Lipinski definition) is 2. The van der Waals surface area contributed by atoms with Crippen LogP contribution in [0.1, 0.15) is 12.6 Å². The molecule has 0 radical (unpaired) electrons. The highest BCUT2D eigenvalue weighted by atomic mass is 32.2. The molecule has 0 aliphatic heterocycles. The first-order valence-electron chi connectivity index (χ1n) is 5.81. The molecule has 0 bridgehead atoms. The second-order valence-electron chi connectivity index (χ2n) is 3.87. The normalized spacial score (nSPS) is 11.3. The highest BCUT2D eigenvalue weighted by Gasteiger charge is 2.09. The van der Waals surface area contributed by atoms with Gasteiger partial charge >= 0.3 is 0 Å². The second kappa shape index (κ2) is 7.06. The van der Waals surface area contributed by atoms with Crippen LogP contribution >= 0.6 is 23.1 Å². The third kappa shape index (κ3) is 4.07. The van der Waals surface area contributed by atoms with Gasteiger partial charge in [0.05, 0.1) is 5.75 Å². The molecule has 0 saturated carbocycles. The van der Waals surface area contributed by atoms with Crippen molar-refractivity contribution in [3.8, 4) is 0 Å². The van der Waals surface area contributed by atoms with Crippen LogP contribution in [0.5, 0.6) is 0 Å². The van der Waals surface area contributed by atoms with Crippen LogP contribution in [0.25, 0.3) is 0 Å². The van der Waals surface area contributed by atoms with Crippen molar-refractivity contribution in [1.29, 1.82) is 0 Å². The second-order valence-corrected chi connectivity index (χ2v) is 5.78. The van der Waals surface area contributed by atoms with Crippen molar-refractivity contribution in [3.63, 3.8) is 0 Å². The van der Waals surface area contributed by atoms with E-state index in [2.05, 4.69) is 15.5 Å². The Labute approximate surface area is 124 Å². The number of hydrogen-bond acceptors (Lipinski definition) is 6. The van der Waals surface area contributed by atoms with Gasteiger partial charge in [-0.05, 0) is 19.1 Å². The van der Waals surface area contributed by atoms with Gasteiger partial charge in [0, 0.05) is 10.3 Å². The van der Waals surface area contributed by atoms with Crippen LogP contribution < -0.4 is 5.32 Å². The lowest BCUT2D eigenvalue weighted by atomic mass is 10.3. The van der Waals surface area contributed by atoms with Crippen molar-refractivity contribution in [2.45, 2.75) is 11.8 Å². The van der Waals surface area contributed by atoms with Gasteiger partial charge in [-0.3, -0.25) is 4.79 Å². The summed E-state index contributed by atoms with van der Waals surface area (Å²) in [5.41, 5.74) is 0.976. The van der Waals surface area contributed by atoms with Gasteiger partial charge in [0.2, 0.25) is 5.91 Å². The van der Waals surface area contributed by atoms with E-state index in [1.165, 1.54) is 23.1 Å². The zero-order valence-corrected chi connectivity index (χ0v) is 12.4. The summed E-state index contributed by atoms with van der Waals surface area (Å²) in [7, 11) is 0. The number of oxime groups is 1. The summed E-state index contributed by atoms with van der Waals surface area (Å²) in [6.45, 7) is 1.64. The Morgan fingerprint density at radius 3 is 2.90 bits per heavy atom. The number of thioether (sulfide) groups is 1. The first-order chi connectivity index (χ1) is 9.69. The average molecular weight is 307 g/mol. The molecule has 7 heteroatoms. The summed E-state index contributed by atoms with van der Waals surface area (Å²) < 4.78 is 0. The van der Waals surface area contributed by atoms with Gasteiger partial charge in [-0.2, -0.15) is 0 Å². The molecular weight excluding hydrogens is 294 g/mol. The van der Waals surface area contributed by atoms with Crippen LogP contribution in [-0.2, 0) is 4.79 Å². The molecule has 1 aromatic carbocycles. The lowest BCUT2D eigenvalue weighted by Crippen LogP contribution is -2.14. The molecule has 5 nitrogen and oxygen atoms in total. The average Bonchev–Trinajstić information content (AvgIpc) is 2.94. The molecule has 0 aliphatic carbocycles. The summed E-state index contributed by atoms with van der Waals surface area (Å²) in [5, 5.41) is 16.7. The van der Waals surface area contributed by atoms with E-state index >= 15 is 0 Å². The maximum atomic E-state index is 11.8. The SMILES string of the molecule is CC(=NO)c1csc(NC(=O)CSc2ccccc2)n1. The maximum absolute atomic E-state index is 11.8. The van der Waals surface area contributed by atoms with E-state index < -0.39 is 0 Å². The predicted molar refractivity (Wildman–Crippen MR) is 81.9 cm³/mol. The minimum Gasteiger partial charge on any atom is -0.411 e. The number of aromatic nitrogens is 1. The maximum Gasteiger partial charge on any atom is 0.236 e. The lowest BCUT2D eigenvalue weighted by molar-refractivity contribution is -0.113. The standard InChI is InChI=1S/C13H13N3O2S2/c1-9(16-18)11-7-20-13(14-11)15-12(17)8-19-10-5-3-2-4-6-10/h2-7,18H,8H2,1H3,(H,14,15,17). The summed E-state index contributed by atoms with van der Waals surface area (Å²) in [6.07, 6.45) is 0. The van der Waals surface area contributed by atoms with E-state index in [9.17, 15) is 4.79 Å². The van der Waals surface area contributed by atoms with Crippen LogP contribution in [0.3, 0.4) is 0 Å². The Balaban J connectivity index is 1.87. The molecule has 0 aliphatic rings. The topological polar surface area (TPSA) is 74.6 Å². The third-order valence-corrected chi connectivity index (χ3v) is 4.15. The summed E-state index contributed by atoms with van der Waals surface area (Å²) in [6, 6.07) is 9.72. The van der Waals surface area contributed by atoms with Crippen LogP contribution in [0, 0.1) is 0 Å². The Morgan fingerprint density at radius 1 is 1.45 bits per heavy atom. The van der Waals surface area contributed by atoms with Crippen molar-refractivity contribution >= 4 is 39.8 Å². The largest absolute Gasteiger partial charge is 0.411 e. The molecular formula is C13H13N3O2S2. The molecule has 2 N–H and O–H groups in total. The molecule has 0 spiro atoms. The van der Waals surface area contributed by atoms with Crippen LogP contribution in [-0.4, -0.2) is 27.6 Å². The van der Waals surface area contributed by atoms with E-state index in [1.54, 1.807) is 12.3 Å². The summed E-state index contributed by atoms with van der Waals surface area (Å²) in [5.74, 6) is 0.213. The molecule has 104 valence electrons. The predicted octanol–water partition coefficient (Wildman–Crippen LogP) is 3.07. The van der Waals surface area contributed by atoms with Crippen molar-refractivity contribution in [2.24, 2.45) is 5.16 Å². The fraction of sp³-hybridized carbons (Fsp3) is 0.154. The number of carbonyl (C=O) groups is 1. The van der Waals surface area contributed by atoms with Gasteiger partial charge in [0.1, 0.15) is 11.4 Å². The van der Waals surface area contributed by atoms with Crippen molar-refractivity contribution in [3.05, 3.63) is 41.4 Å². The molecule has 2 rings (SSSR count). The molecule has 0 fully saturated rings. The first-order valence-corrected chi connectivity index (χ1v) is 7.68. The summed E-state index contributed by atoms with van der Waals surface area (Å²) in [4.78, 5) is 17.0. The minimum absolute atomic E-state index is 0.113. The van der Waals surface area contributed by atoms with Gasteiger partial charge in [-0.1, -0.05) is 23.4 Å². The zero-order chi connectivity index (χ0) is 14.4. The van der Waals surface area contributed by atoms with Crippen LogP contribution in [0.4, 0.5) is 5.13 Å². The van der Waals surface area contributed by atoms with Crippen molar-refractivity contribution in [2.75, 3.05) is 11.1 Å². The fourth-order valence-electron chi connectivity index (χ4n) is 1.37. The van der Waals surface area contributed by atoms with E-state index in [4.69, 9.17) is 5.21 Å². The summed E-state index contributed by atoms with van der Waals surface area (Å²) >= 11 is 2.77. The molecule has 1 aromatic heterocycles. The number of nitrogens with one attached hydrogen (secondary N) is 1. The van der Waals surface area contributed by atoms with Gasteiger partial charge in [0.25, 0.3) is 0 Å². The molecule has 1 heterocycles. The minimum atomic E-state index is -0.113. The van der Waals surface area contributed by atoms with Crippen LogP contribution in [0.15, 0.2) is 45.8 Å². The van der Waals surface area contributed by atoms with Gasteiger partial charge in [-0.25, -0.2) is 4.98 Å². The van der Waals surface area contributed by atoms with Gasteiger partial charge < -0.3 is 10.5 Å². The zero-order valence-electron chi connectivity index (χ0n) is 10.7. The third-order valence-electron chi connectivity index (χ3n) is 2.38. The van der Waals surface area contributed by atoms with E-state index in [0.29, 0.717) is 22.3 Å². The fourth-order valence-corrected chi connectivity index (χ4v) is 2.86. The van der Waals surface area contributed by atoms with Gasteiger partial charge in [0.15, 0.2) is 5.13 Å². The molecule has 1 amide bonds. The Kier molecular flexibility index (Phi) is 5.14. The molecule has 20 heavy (non-hydrogen) atoms. The molecule has 0 unspecified atom stereocenters. The molecule has 2 aromatic rings. The quantitative estimate of drug-likeness (QED) is 0.385. The smallest absolute Gasteiger partial charge is 0.236 e. The van der Waals surface area contributed by atoms with E-state index in [-0.39, 0.29) is 5.91 Å². The number of anilines is 1. The van der Waals surface area contributed by atoms with Crippen LogP contribution in [0.2, 0.25) is 0 Å². The number of amides is 1. The van der Waals surface area contributed by atoms with E-state index in [1.807, 2.05) is 30.3 Å². The highest BCUT2D eigenvalue weighted by molar-refractivity contribution is 8.00. The van der Waals surface area contributed by atoms with Crippen molar-refractivity contribution in [1.82, 2.24) is 4.98 Å². The number of carbonyl (C=O) groups excluding carboxylic acids is 1. The number of benzene rings is 1. The highest BCUT2D eigenvalue weighted by Crippen LogP contribution is 2.19. The Bertz CT molecular complexity index is 611. The van der Waals surface area contributed by atoms with Gasteiger partial charge in [-0.15, -0.1) is 23.1 Å². The monoisotopic (exact) mass is 307 g/mol. The van der Waals surface area contributed by atoms with E-state index in [0.717, 1.165) is 4.90 Å².